The molecule has 0 bridgehead atoms. The van der Waals surface area contributed by atoms with Crippen molar-refractivity contribution in [3.63, 3.8) is 0 Å². The van der Waals surface area contributed by atoms with Crippen LogP contribution in [0.5, 0.6) is 5.88 Å². The number of methoxy groups -OCH3 is 1. The molecule has 2 rings (SSSR count). The molecule has 1 aliphatic heterocycles. The van der Waals surface area contributed by atoms with Crippen molar-refractivity contribution in [3.05, 3.63) is 11.8 Å². The van der Waals surface area contributed by atoms with Crippen molar-refractivity contribution in [2.24, 2.45) is 12.8 Å². The number of aryl methyl sites for hydroxylation is 1. The number of hydrogen-bond donors (Lipinski definition) is 1. The predicted octanol–water partition coefficient (Wildman–Crippen LogP) is 0.914. The predicted molar refractivity (Wildman–Crippen MR) is 67.0 cm³/mol. The van der Waals surface area contributed by atoms with Crippen LogP contribution in [0.15, 0.2) is 6.20 Å². The van der Waals surface area contributed by atoms with Crippen molar-refractivity contribution in [2.75, 3.05) is 26.7 Å². The Hall–Kier alpha value is -1.07. The lowest BCUT2D eigenvalue weighted by molar-refractivity contribution is 0.164. The molecule has 5 heteroatoms. The summed E-state index contributed by atoms with van der Waals surface area (Å²) in [6.07, 6.45) is 5.74. The summed E-state index contributed by atoms with van der Waals surface area (Å²) in [6.45, 7) is 2.86. The van der Waals surface area contributed by atoms with E-state index >= 15 is 0 Å². The van der Waals surface area contributed by atoms with E-state index in [1.165, 1.54) is 19.3 Å². The van der Waals surface area contributed by atoms with Crippen LogP contribution in [0.1, 0.15) is 30.9 Å². The summed E-state index contributed by atoms with van der Waals surface area (Å²) in [6, 6.07) is 0.235. The van der Waals surface area contributed by atoms with Crippen LogP contribution in [0.3, 0.4) is 0 Å². The molecule has 0 saturated carbocycles. The third-order valence-corrected chi connectivity index (χ3v) is 3.52. The Morgan fingerprint density at radius 3 is 2.71 bits per heavy atom. The molecule has 0 spiro atoms. The number of piperidine rings is 1. The summed E-state index contributed by atoms with van der Waals surface area (Å²) in [4.78, 5) is 2.45. The summed E-state index contributed by atoms with van der Waals surface area (Å²) in [5.41, 5.74) is 7.04. The van der Waals surface area contributed by atoms with E-state index < -0.39 is 0 Å². The molecule has 2 N–H and O–H groups in total. The highest BCUT2D eigenvalue weighted by molar-refractivity contribution is 5.28. The van der Waals surface area contributed by atoms with Gasteiger partial charge in [0.1, 0.15) is 0 Å². The number of likely N-dealkylation sites (tertiary alicyclic amines) is 1. The highest BCUT2D eigenvalue weighted by Crippen LogP contribution is 2.29. The molecule has 96 valence electrons. The van der Waals surface area contributed by atoms with Gasteiger partial charge in [-0.25, -0.2) is 4.68 Å². The van der Waals surface area contributed by atoms with Gasteiger partial charge in [0.2, 0.25) is 5.88 Å². The van der Waals surface area contributed by atoms with E-state index in [4.69, 9.17) is 10.5 Å². The van der Waals surface area contributed by atoms with Crippen molar-refractivity contribution in [1.29, 1.82) is 0 Å². The van der Waals surface area contributed by atoms with E-state index in [1.807, 2.05) is 13.2 Å². The largest absolute Gasteiger partial charge is 0.481 e. The van der Waals surface area contributed by atoms with Crippen LogP contribution in [0.2, 0.25) is 0 Å². The van der Waals surface area contributed by atoms with Gasteiger partial charge in [-0.3, -0.25) is 4.90 Å². The van der Waals surface area contributed by atoms with Crippen molar-refractivity contribution >= 4 is 0 Å². The molecule has 5 nitrogen and oxygen atoms in total. The lowest BCUT2D eigenvalue weighted by Gasteiger charge is -2.33. The fourth-order valence-corrected chi connectivity index (χ4v) is 2.62. The van der Waals surface area contributed by atoms with Gasteiger partial charge >= 0.3 is 0 Å². The van der Waals surface area contributed by atoms with Gasteiger partial charge in [0.05, 0.1) is 24.9 Å². The zero-order valence-electron chi connectivity index (χ0n) is 10.7. The van der Waals surface area contributed by atoms with Crippen LogP contribution in [0.25, 0.3) is 0 Å². The lowest BCUT2D eigenvalue weighted by atomic mass is 10.0. The number of ether oxygens (including phenoxy) is 1. The van der Waals surface area contributed by atoms with Gasteiger partial charge in [-0.2, -0.15) is 5.10 Å². The molecule has 1 saturated heterocycles. The molecule has 1 aromatic heterocycles. The summed E-state index contributed by atoms with van der Waals surface area (Å²) in [7, 11) is 3.58. The molecule has 1 fully saturated rings. The molecule has 2 heterocycles. The van der Waals surface area contributed by atoms with Gasteiger partial charge in [-0.15, -0.1) is 0 Å². The first-order valence-electron chi connectivity index (χ1n) is 6.28. The Balaban J connectivity index is 2.21. The average molecular weight is 238 g/mol. The Kier molecular flexibility index (Phi) is 4.02. The van der Waals surface area contributed by atoms with Crippen molar-refractivity contribution < 1.29 is 4.74 Å². The van der Waals surface area contributed by atoms with Gasteiger partial charge in [-0.05, 0) is 25.9 Å². The molecule has 0 amide bonds. The molecule has 0 aliphatic carbocycles. The number of nitrogens with two attached hydrogens (primary N) is 1. The van der Waals surface area contributed by atoms with Crippen LogP contribution in [-0.4, -0.2) is 41.4 Å². The maximum Gasteiger partial charge on any atom is 0.216 e. The zero-order valence-corrected chi connectivity index (χ0v) is 10.7. The van der Waals surface area contributed by atoms with Gasteiger partial charge in [0.25, 0.3) is 0 Å². The van der Waals surface area contributed by atoms with Crippen LogP contribution >= 0.6 is 0 Å². The molecular weight excluding hydrogens is 216 g/mol. The first-order chi connectivity index (χ1) is 8.27. The maximum atomic E-state index is 5.93. The van der Waals surface area contributed by atoms with Gasteiger partial charge in [0.15, 0.2) is 0 Å². The van der Waals surface area contributed by atoms with E-state index in [2.05, 4.69) is 10.00 Å². The number of hydrogen-bond acceptors (Lipinski definition) is 4. The number of aromatic nitrogens is 2. The highest BCUT2D eigenvalue weighted by atomic mass is 16.5. The monoisotopic (exact) mass is 238 g/mol. The standard InChI is InChI=1S/C12H22N4O/c1-15-12(17-2)10(9-14-15)11(8-13)16-6-4-3-5-7-16/h9,11H,3-8,13H2,1-2H3. The second kappa shape index (κ2) is 5.51. The van der Waals surface area contributed by atoms with E-state index in [0.29, 0.717) is 6.54 Å². The fraction of sp³-hybridized carbons (Fsp3) is 0.750. The van der Waals surface area contributed by atoms with Crippen molar-refractivity contribution in [3.8, 4) is 5.88 Å². The molecule has 1 unspecified atom stereocenters. The molecule has 1 atom stereocenters. The average Bonchev–Trinajstić information content (AvgIpc) is 2.73. The summed E-state index contributed by atoms with van der Waals surface area (Å²) < 4.78 is 7.17. The van der Waals surface area contributed by atoms with Crippen LogP contribution in [0.4, 0.5) is 0 Å². The van der Waals surface area contributed by atoms with E-state index in [0.717, 1.165) is 24.5 Å². The zero-order chi connectivity index (χ0) is 12.3. The van der Waals surface area contributed by atoms with Gasteiger partial charge < -0.3 is 10.5 Å². The van der Waals surface area contributed by atoms with Gasteiger partial charge in [0, 0.05) is 13.6 Å². The van der Waals surface area contributed by atoms with Crippen LogP contribution in [-0.2, 0) is 7.05 Å². The summed E-state index contributed by atoms with van der Waals surface area (Å²) in [5, 5.41) is 4.26. The quantitative estimate of drug-likeness (QED) is 0.847. The van der Waals surface area contributed by atoms with E-state index in [-0.39, 0.29) is 6.04 Å². The second-order valence-corrected chi connectivity index (χ2v) is 4.58. The molecule has 1 aliphatic rings. The second-order valence-electron chi connectivity index (χ2n) is 4.58. The first-order valence-corrected chi connectivity index (χ1v) is 6.28. The fourth-order valence-electron chi connectivity index (χ4n) is 2.62. The van der Waals surface area contributed by atoms with Crippen molar-refractivity contribution in [2.45, 2.75) is 25.3 Å². The van der Waals surface area contributed by atoms with E-state index in [1.54, 1.807) is 11.8 Å². The van der Waals surface area contributed by atoms with E-state index in [9.17, 15) is 0 Å². The lowest BCUT2D eigenvalue weighted by Crippen LogP contribution is -2.37. The molecule has 0 radical (unpaired) electrons. The Morgan fingerprint density at radius 1 is 1.41 bits per heavy atom. The maximum absolute atomic E-state index is 5.93. The third kappa shape index (κ3) is 2.45. The molecule has 0 aromatic carbocycles. The Morgan fingerprint density at radius 2 is 2.12 bits per heavy atom. The Labute approximate surface area is 103 Å². The molecular formula is C12H22N4O. The molecule has 1 aromatic rings. The SMILES string of the molecule is COc1c(C(CN)N2CCCCC2)cnn1C. The third-order valence-electron chi connectivity index (χ3n) is 3.52. The summed E-state index contributed by atoms with van der Waals surface area (Å²) >= 11 is 0. The highest BCUT2D eigenvalue weighted by Gasteiger charge is 2.25. The number of nitrogens with zero attached hydrogens (tertiary/aromatic N) is 3. The van der Waals surface area contributed by atoms with Crippen LogP contribution in [0, 0.1) is 0 Å². The topological polar surface area (TPSA) is 56.3 Å². The molecule has 17 heavy (non-hydrogen) atoms. The Bertz CT molecular complexity index is 357. The normalized spacial score (nSPS) is 19.2. The smallest absolute Gasteiger partial charge is 0.216 e. The van der Waals surface area contributed by atoms with Crippen molar-refractivity contribution in [1.82, 2.24) is 14.7 Å². The number of rotatable bonds is 4. The summed E-state index contributed by atoms with van der Waals surface area (Å²) in [5.74, 6) is 0.825. The minimum Gasteiger partial charge on any atom is -0.481 e. The first kappa shape index (κ1) is 12.4. The minimum absolute atomic E-state index is 0.235. The minimum atomic E-state index is 0.235. The van der Waals surface area contributed by atoms with Crippen LogP contribution < -0.4 is 10.5 Å². The van der Waals surface area contributed by atoms with Gasteiger partial charge in [-0.1, -0.05) is 6.42 Å².